The van der Waals surface area contributed by atoms with Gasteiger partial charge in [0.05, 0.1) is 41.3 Å². The molecule has 0 unspecified atom stereocenters. The lowest BCUT2D eigenvalue weighted by molar-refractivity contribution is -0.140. The molecule has 166 valence electrons. The summed E-state index contributed by atoms with van der Waals surface area (Å²) in [5.74, 6) is 2.20. The Balaban J connectivity index is 1.86. The minimum absolute atomic E-state index is 0.169. The first-order chi connectivity index (χ1) is 14.6. The fraction of sp³-hybridized carbons (Fsp3) is 0.444. The fourth-order valence-corrected chi connectivity index (χ4v) is 11.7. The molecule has 2 aliphatic heterocycles. The molecule has 0 aromatic heterocycles. The van der Waals surface area contributed by atoms with Crippen LogP contribution >= 0.6 is 95.0 Å². The van der Waals surface area contributed by atoms with Crippen molar-refractivity contribution in [1.82, 2.24) is 0 Å². The van der Waals surface area contributed by atoms with Crippen molar-refractivity contribution in [3.05, 3.63) is 38.2 Å². The molecule has 4 nitrogen and oxygen atoms in total. The molecule has 12 heteroatoms. The second-order valence-electron chi connectivity index (χ2n) is 5.37. The predicted octanol–water partition coefficient (Wildman–Crippen LogP) is 6.81. The lowest BCUT2D eigenvalue weighted by Gasteiger charge is -2.02. The van der Waals surface area contributed by atoms with E-state index >= 15 is 0 Å². The van der Waals surface area contributed by atoms with Gasteiger partial charge in [-0.2, -0.15) is 12.6 Å². The highest BCUT2D eigenvalue weighted by atomic mass is 32.3. The lowest BCUT2D eigenvalue weighted by atomic mass is 10.5. The van der Waals surface area contributed by atoms with Gasteiger partial charge in [0.25, 0.3) is 6.47 Å². The second-order valence-corrected chi connectivity index (χ2v) is 14.3. The maximum absolute atomic E-state index is 11.3. The van der Waals surface area contributed by atoms with E-state index in [1.165, 1.54) is 33.2 Å². The van der Waals surface area contributed by atoms with E-state index in [2.05, 4.69) is 31.0 Å². The van der Waals surface area contributed by atoms with E-state index in [9.17, 15) is 9.59 Å². The Morgan fingerprint density at radius 3 is 2.37 bits per heavy atom. The van der Waals surface area contributed by atoms with Crippen LogP contribution in [-0.4, -0.2) is 49.7 Å². The number of allylic oxidation sites excluding steroid dienone is 2. The molecule has 2 rings (SSSR count). The van der Waals surface area contributed by atoms with E-state index in [1.54, 1.807) is 82.3 Å². The molecule has 2 heterocycles. The fourth-order valence-electron chi connectivity index (χ4n) is 2.00. The zero-order valence-corrected chi connectivity index (χ0v) is 23.0. The van der Waals surface area contributed by atoms with Crippen LogP contribution in [0.2, 0.25) is 0 Å². The zero-order valence-electron chi connectivity index (χ0n) is 16.4. The minimum Gasteiger partial charge on any atom is -0.469 e. The summed E-state index contributed by atoms with van der Waals surface area (Å²) >= 11 is 16.8. The van der Waals surface area contributed by atoms with Crippen LogP contribution in [0.1, 0.15) is 12.8 Å². The lowest BCUT2D eigenvalue weighted by Crippen LogP contribution is -2.00. The summed E-state index contributed by atoms with van der Waals surface area (Å²) in [4.78, 5) is 22.8. The van der Waals surface area contributed by atoms with Crippen LogP contribution in [0.3, 0.4) is 0 Å². The van der Waals surface area contributed by atoms with Gasteiger partial charge in [0.15, 0.2) is 0 Å². The zero-order chi connectivity index (χ0) is 21.8. The molecule has 0 radical (unpaired) electrons. The topological polar surface area (TPSA) is 52.6 Å². The number of ether oxygens (including phenoxy) is 2. The highest BCUT2D eigenvalue weighted by molar-refractivity contribution is 8.40. The quantitative estimate of drug-likeness (QED) is 0.112. The van der Waals surface area contributed by atoms with E-state index in [1.807, 2.05) is 0 Å². The van der Waals surface area contributed by atoms with Gasteiger partial charge in [0.1, 0.15) is 0 Å². The number of carbonyl (C=O) groups excluding carboxylic acids is 2. The van der Waals surface area contributed by atoms with Crippen molar-refractivity contribution in [2.75, 3.05) is 37.2 Å². The van der Waals surface area contributed by atoms with E-state index in [0.717, 1.165) is 23.7 Å². The van der Waals surface area contributed by atoms with Gasteiger partial charge in [0.2, 0.25) is 0 Å². The van der Waals surface area contributed by atoms with Crippen LogP contribution in [0.25, 0.3) is 0 Å². The van der Waals surface area contributed by atoms with Crippen LogP contribution < -0.4 is 0 Å². The summed E-state index contributed by atoms with van der Waals surface area (Å²) in [5, 5.41) is 0. The highest BCUT2D eigenvalue weighted by Gasteiger charge is 2.23. The monoisotopic (exact) mass is 558 g/mol. The summed E-state index contributed by atoms with van der Waals surface area (Å²) in [6.07, 6.45) is 7.70. The Labute approximate surface area is 213 Å². The first kappa shape index (κ1) is 26.9. The summed E-state index contributed by atoms with van der Waals surface area (Å²) in [5.41, 5.74) is 0. The van der Waals surface area contributed by atoms with E-state index in [0.29, 0.717) is 19.5 Å². The molecule has 0 aromatic carbocycles. The van der Waals surface area contributed by atoms with Crippen molar-refractivity contribution in [1.29, 1.82) is 0 Å². The van der Waals surface area contributed by atoms with Crippen molar-refractivity contribution >= 4 is 107 Å². The van der Waals surface area contributed by atoms with Crippen molar-refractivity contribution in [2.24, 2.45) is 0 Å². The number of hydrogen-bond donors (Lipinski definition) is 1. The smallest absolute Gasteiger partial charge is 0.306 e. The first-order valence-corrected chi connectivity index (χ1v) is 15.8. The SMILES string of the molecule is COC(=O)CCSC1=C(SC)S/C(=C\C=C2/SC(CS)=C(SCCCOC=O)S2)S1. The van der Waals surface area contributed by atoms with Gasteiger partial charge in [-0.1, -0.05) is 47.0 Å². The molecule has 0 N–H and O–H groups in total. The molecule has 30 heavy (non-hydrogen) atoms. The van der Waals surface area contributed by atoms with Gasteiger partial charge in [-0.15, -0.1) is 35.3 Å². The molecule has 0 amide bonds. The molecular formula is C18H22O4S8. The molecule has 0 atom stereocenters. The molecule has 0 spiro atoms. The number of methoxy groups -OCH3 is 1. The van der Waals surface area contributed by atoms with Crippen LogP contribution in [0.5, 0.6) is 0 Å². The Morgan fingerprint density at radius 1 is 1.03 bits per heavy atom. The highest BCUT2D eigenvalue weighted by Crippen LogP contribution is 2.58. The maximum atomic E-state index is 11.3. The third kappa shape index (κ3) is 9.29. The molecule has 0 aliphatic carbocycles. The van der Waals surface area contributed by atoms with Crippen molar-refractivity contribution in [2.45, 2.75) is 12.8 Å². The van der Waals surface area contributed by atoms with Crippen molar-refractivity contribution < 1.29 is 19.1 Å². The Morgan fingerprint density at radius 2 is 1.70 bits per heavy atom. The van der Waals surface area contributed by atoms with Crippen LogP contribution in [-0.2, 0) is 19.1 Å². The molecular weight excluding hydrogens is 537 g/mol. The van der Waals surface area contributed by atoms with Crippen LogP contribution in [0.15, 0.2) is 38.2 Å². The number of rotatable bonds is 13. The Bertz CT molecular complexity index is 744. The Kier molecular flexibility index (Phi) is 13.9. The largest absolute Gasteiger partial charge is 0.469 e. The summed E-state index contributed by atoms with van der Waals surface area (Å²) < 4.78 is 15.8. The summed E-state index contributed by atoms with van der Waals surface area (Å²) in [6, 6.07) is 0. The van der Waals surface area contributed by atoms with Crippen LogP contribution in [0.4, 0.5) is 0 Å². The average molecular weight is 559 g/mol. The van der Waals surface area contributed by atoms with E-state index in [-0.39, 0.29) is 5.97 Å². The third-order valence-corrected chi connectivity index (χ3v) is 13.2. The molecule has 0 saturated heterocycles. The minimum atomic E-state index is -0.169. The summed E-state index contributed by atoms with van der Waals surface area (Å²) in [6.45, 7) is 0.961. The maximum Gasteiger partial charge on any atom is 0.306 e. The van der Waals surface area contributed by atoms with E-state index < -0.39 is 0 Å². The average Bonchev–Trinajstić information content (AvgIpc) is 3.35. The molecule has 0 fully saturated rings. The van der Waals surface area contributed by atoms with Crippen molar-refractivity contribution in [3.63, 3.8) is 0 Å². The van der Waals surface area contributed by atoms with Gasteiger partial charge in [0, 0.05) is 22.2 Å². The predicted molar refractivity (Wildman–Crippen MR) is 146 cm³/mol. The normalized spacial score (nSPS) is 19.3. The number of hydrogen-bond acceptors (Lipinski definition) is 12. The summed E-state index contributed by atoms with van der Waals surface area (Å²) in [7, 11) is 1.42. The second kappa shape index (κ2) is 15.5. The van der Waals surface area contributed by atoms with Gasteiger partial charge in [-0.25, -0.2) is 0 Å². The molecule has 0 saturated carbocycles. The van der Waals surface area contributed by atoms with Gasteiger partial charge >= 0.3 is 5.97 Å². The Hall–Kier alpha value is 0.700. The van der Waals surface area contributed by atoms with Crippen LogP contribution in [0, 0.1) is 0 Å². The van der Waals surface area contributed by atoms with E-state index in [4.69, 9.17) is 9.47 Å². The number of thioether (sulfide) groups is 7. The van der Waals surface area contributed by atoms with Crippen molar-refractivity contribution in [3.8, 4) is 0 Å². The van der Waals surface area contributed by atoms with Gasteiger partial charge < -0.3 is 9.47 Å². The first-order valence-electron chi connectivity index (χ1n) is 8.74. The number of carbonyl (C=O) groups is 2. The number of esters is 1. The molecule has 0 aromatic rings. The third-order valence-electron chi connectivity index (χ3n) is 3.36. The van der Waals surface area contributed by atoms with Gasteiger partial charge in [-0.3, -0.25) is 9.59 Å². The van der Waals surface area contributed by atoms with Gasteiger partial charge in [-0.05, 0) is 24.8 Å². The molecule has 0 bridgehead atoms. The standard InChI is InChI=1S/C18H22O4S8/c1-21-13(20)6-9-26-18-17(24-2)29-15(30-18)5-4-14-27-12(10-23)16(28-14)25-8-3-7-22-11-19/h4-5,11,23H,3,6-10H2,1-2H3/b14-4+,15-5+. The molecule has 2 aliphatic rings. The number of thiol groups is 1.